The summed E-state index contributed by atoms with van der Waals surface area (Å²) in [6.45, 7) is 9.13. The van der Waals surface area contributed by atoms with Gasteiger partial charge in [-0.2, -0.15) is 10.2 Å². The highest BCUT2D eigenvalue weighted by atomic mass is 16.2. The summed E-state index contributed by atoms with van der Waals surface area (Å²) in [4.78, 5) is 14.5. The molecule has 1 rings (SSSR count). The Bertz CT molecular complexity index is 431. The Morgan fingerprint density at radius 3 is 2.63 bits per heavy atom. The van der Waals surface area contributed by atoms with E-state index >= 15 is 0 Å². The Hall–Kier alpha value is -1.49. The van der Waals surface area contributed by atoms with Crippen molar-refractivity contribution in [2.24, 2.45) is 5.73 Å². The van der Waals surface area contributed by atoms with E-state index in [2.05, 4.69) is 10.2 Å². The van der Waals surface area contributed by atoms with Crippen LogP contribution in [-0.2, 0) is 6.42 Å². The van der Waals surface area contributed by atoms with Crippen LogP contribution in [0.2, 0.25) is 0 Å². The monoisotopic (exact) mass is 264 g/mol. The average Bonchev–Trinajstić information content (AvgIpc) is 2.38. The van der Waals surface area contributed by atoms with Crippen LogP contribution in [0.15, 0.2) is 6.07 Å². The fraction of sp³-hybridized carbons (Fsp3) is 0.643. The maximum atomic E-state index is 12.6. The van der Waals surface area contributed by atoms with Crippen LogP contribution >= 0.6 is 0 Å². The van der Waals surface area contributed by atoms with Crippen LogP contribution in [0.3, 0.4) is 0 Å². The van der Waals surface area contributed by atoms with E-state index in [9.17, 15) is 4.79 Å². The zero-order valence-electron chi connectivity index (χ0n) is 12.3. The maximum absolute atomic E-state index is 12.6. The fourth-order valence-corrected chi connectivity index (χ4v) is 1.97. The predicted molar refractivity (Wildman–Crippen MR) is 76.0 cm³/mol. The SMILES string of the molecule is CCc1nnc(C)cc1C(=O)N(CCCN)C(C)C. The fourth-order valence-electron chi connectivity index (χ4n) is 1.97. The van der Waals surface area contributed by atoms with Crippen molar-refractivity contribution < 1.29 is 4.79 Å². The summed E-state index contributed by atoms with van der Waals surface area (Å²) in [5.41, 5.74) is 7.73. The largest absolute Gasteiger partial charge is 0.336 e. The molecule has 1 aromatic rings. The second kappa shape index (κ2) is 7.19. The summed E-state index contributed by atoms with van der Waals surface area (Å²) in [7, 11) is 0. The Morgan fingerprint density at radius 2 is 2.11 bits per heavy atom. The van der Waals surface area contributed by atoms with E-state index < -0.39 is 0 Å². The number of hydrogen-bond donors (Lipinski definition) is 1. The molecular formula is C14H24N4O. The van der Waals surface area contributed by atoms with Crippen molar-refractivity contribution in [2.45, 2.75) is 46.6 Å². The molecule has 0 unspecified atom stereocenters. The molecule has 0 spiro atoms. The van der Waals surface area contributed by atoms with E-state index in [4.69, 9.17) is 5.73 Å². The molecular weight excluding hydrogens is 240 g/mol. The molecule has 2 N–H and O–H groups in total. The minimum Gasteiger partial charge on any atom is -0.336 e. The van der Waals surface area contributed by atoms with Gasteiger partial charge >= 0.3 is 0 Å². The molecule has 0 fully saturated rings. The van der Waals surface area contributed by atoms with Gasteiger partial charge in [-0.15, -0.1) is 0 Å². The van der Waals surface area contributed by atoms with Gasteiger partial charge in [0.15, 0.2) is 0 Å². The lowest BCUT2D eigenvalue weighted by atomic mass is 10.1. The minimum atomic E-state index is 0.0262. The number of carbonyl (C=O) groups is 1. The number of aromatic nitrogens is 2. The number of nitrogens with zero attached hydrogens (tertiary/aromatic N) is 3. The van der Waals surface area contributed by atoms with Gasteiger partial charge in [0.25, 0.3) is 5.91 Å². The quantitative estimate of drug-likeness (QED) is 0.846. The van der Waals surface area contributed by atoms with Gasteiger partial charge in [-0.1, -0.05) is 6.92 Å². The zero-order chi connectivity index (χ0) is 14.4. The van der Waals surface area contributed by atoms with Crippen molar-refractivity contribution >= 4 is 5.91 Å². The Kier molecular flexibility index (Phi) is 5.89. The molecule has 0 saturated carbocycles. The van der Waals surface area contributed by atoms with Gasteiger partial charge < -0.3 is 10.6 Å². The topological polar surface area (TPSA) is 72.1 Å². The standard InChI is InChI=1S/C14H24N4O/c1-5-13-12(9-11(4)16-17-13)14(19)18(10(2)3)8-6-7-15/h9-10H,5-8,15H2,1-4H3. The van der Waals surface area contributed by atoms with Crippen molar-refractivity contribution in [3.63, 3.8) is 0 Å². The summed E-state index contributed by atoms with van der Waals surface area (Å²) >= 11 is 0. The van der Waals surface area contributed by atoms with Gasteiger partial charge in [-0.25, -0.2) is 0 Å². The minimum absolute atomic E-state index is 0.0262. The number of nitrogens with two attached hydrogens (primary N) is 1. The van der Waals surface area contributed by atoms with Crippen LogP contribution in [0.1, 0.15) is 48.9 Å². The lowest BCUT2D eigenvalue weighted by Crippen LogP contribution is -2.39. The van der Waals surface area contributed by atoms with Gasteiger partial charge in [0, 0.05) is 12.6 Å². The molecule has 0 atom stereocenters. The van der Waals surface area contributed by atoms with E-state index in [1.807, 2.05) is 38.7 Å². The molecule has 106 valence electrons. The number of carbonyl (C=O) groups excluding carboxylic acids is 1. The molecule has 0 aliphatic carbocycles. The van der Waals surface area contributed by atoms with Crippen LogP contribution in [0.4, 0.5) is 0 Å². The molecule has 0 aliphatic rings. The van der Waals surface area contributed by atoms with Crippen molar-refractivity contribution in [1.82, 2.24) is 15.1 Å². The number of rotatable bonds is 6. The van der Waals surface area contributed by atoms with Crippen LogP contribution in [0.5, 0.6) is 0 Å². The highest BCUT2D eigenvalue weighted by Crippen LogP contribution is 2.13. The van der Waals surface area contributed by atoms with E-state index in [1.165, 1.54) is 0 Å². The Morgan fingerprint density at radius 1 is 1.42 bits per heavy atom. The first-order chi connectivity index (χ1) is 9.01. The number of amides is 1. The maximum Gasteiger partial charge on any atom is 0.256 e. The third-order valence-electron chi connectivity index (χ3n) is 3.05. The highest BCUT2D eigenvalue weighted by Gasteiger charge is 2.21. The molecule has 1 heterocycles. The first-order valence-electron chi connectivity index (χ1n) is 6.85. The second-order valence-corrected chi connectivity index (χ2v) is 4.93. The van der Waals surface area contributed by atoms with Crippen molar-refractivity contribution in [2.75, 3.05) is 13.1 Å². The van der Waals surface area contributed by atoms with Gasteiger partial charge in [0.2, 0.25) is 0 Å². The van der Waals surface area contributed by atoms with Crippen LogP contribution < -0.4 is 5.73 Å². The first-order valence-corrected chi connectivity index (χ1v) is 6.85. The van der Waals surface area contributed by atoms with E-state index in [-0.39, 0.29) is 11.9 Å². The Labute approximate surface area is 115 Å². The zero-order valence-corrected chi connectivity index (χ0v) is 12.3. The highest BCUT2D eigenvalue weighted by molar-refractivity contribution is 5.95. The van der Waals surface area contributed by atoms with Gasteiger partial charge in [0.1, 0.15) is 0 Å². The number of aryl methyl sites for hydroxylation is 2. The van der Waals surface area contributed by atoms with Crippen molar-refractivity contribution in [3.8, 4) is 0 Å². The molecule has 1 amide bonds. The number of hydrogen-bond acceptors (Lipinski definition) is 4. The van der Waals surface area contributed by atoms with E-state index in [1.54, 1.807) is 0 Å². The predicted octanol–water partition coefficient (Wildman–Crippen LogP) is 1.55. The molecule has 0 saturated heterocycles. The summed E-state index contributed by atoms with van der Waals surface area (Å²) in [6, 6.07) is 1.98. The van der Waals surface area contributed by atoms with Crippen LogP contribution in [0, 0.1) is 6.92 Å². The molecule has 0 aliphatic heterocycles. The third-order valence-corrected chi connectivity index (χ3v) is 3.05. The summed E-state index contributed by atoms with van der Waals surface area (Å²) in [5, 5.41) is 8.14. The molecule has 19 heavy (non-hydrogen) atoms. The van der Waals surface area contributed by atoms with Crippen LogP contribution in [0.25, 0.3) is 0 Å². The molecule has 5 heteroatoms. The van der Waals surface area contributed by atoms with E-state index in [0.717, 1.165) is 17.8 Å². The molecule has 5 nitrogen and oxygen atoms in total. The summed E-state index contributed by atoms with van der Waals surface area (Å²) < 4.78 is 0. The molecule has 1 aromatic heterocycles. The molecule has 0 bridgehead atoms. The first kappa shape index (κ1) is 15.6. The van der Waals surface area contributed by atoms with Gasteiger partial charge in [-0.05, 0) is 46.2 Å². The summed E-state index contributed by atoms with van der Waals surface area (Å²) in [5.74, 6) is 0.0262. The van der Waals surface area contributed by atoms with Crippen molar-refractivity contribution in [3.05, 3.63) is 23.0 Å². The normalized spacial score (nSPS) is 10.8. The van der Waals surface area contributed by atoms with Crippen molar-refractivity contribution in [1.29, 1.82) is 0 Å². The Balaban J connectivity index is 3.04. The molecule has 0 radical (unpaired) electrons. The van der Waals surface area contributed by atoms with Gasteiger partial charge in [-0.3, -0.25) is 4.79 Å². The lowest BCUT2D eigenvalue weighted by molar-refractivity contribution is 0.0702. The van der Waals surface area contributed by atoms with E-state index in [0.29, 0.717) is 25.1 Å². The summed E-state index contributed by atoms with van der Waals surface area (Å²) in [6.07, 6.45) is 1.51. The van der Waals surface area contributed by atoms with Gasteiger partial charge in [0.05, 0.1) is 17.0 Å². The lowest BCUT2D eigenvalue weighted by Gasteiger charge is -2.27. The smallest absolute Gasteiger partial charge is 0.256 e. The third kappa shape index (κ3) is 3.99. The molecule has 0 aromatic carbocycles. The average molecular weight is 264 g/mol. The second-order valence-electron chi connectivity index (χ2n) is 4.93. The van der Waals surface area contributed by atoms with Crippen LogP contribution in [-0.4, -0.2) is 40.1 Å².